The van der Waals surface area contributed by atoms with E-state index in [9.17, 15) is 18.1 Å². The number of aliphatic hydroxyl groups excluding tert-OH is 1. The molecule has 1 N–H and O–H groups in total. The second-order valence-electron chi connectivity index (χ2n) is 10.5. The number of hydrogen-bond acceptors (Lipinski definition) is 5. The molecule has 156 valence electrons. The monoisotopic (exact) mass is 422 g/mol. The molecule has 0 aromatic heterocycles. The summed E-state index contributed by atoms with van der Waals surface area (Å²) >= 11 is 0. The van der Waals surface area contributed by atoms with Crippen LogP contribution in [0.15, 0.2) is 0 Å². The summed E-state index contributed by atoms with van der Waals surface area (Å²) in [6.45, 7) is 6.56. The smallest absolute Gasteiger partial charge is 0.726 e. The third kappa shape index (κ3) is 3.89. The Hall–Kier alpha value is 0.830. The molecule has 0 amide bonds. The van der Waals surface area contributed by atoms with E-state index in [4.69, 9.17) is 4.18 Å². The van der Waals surface area contributed by atoms with Crippen molar-refractivity contribution in [2.24, 2.45) is 40.4 Å². The molecule has 9 atom stereocenters. The number of aliphatic hydroxyl groups is 1. The number of rotatable bonds is 3. The molecule has 0 aromatic rings. The molecule has 0 aliphatic heterocycles. The standard InChI is InChI=1S/C21H36O5S.Na/c1-13(26-27(23,24)25)17-6-7-18-16-5-4-14-12-15(22)8-10-20(14,2)19(16)9-11-21(17,18)3;/h13-19,22H,4-12H2,1-3H3,(H,23,24,25);/q;+1/p-1/t13-,14-,15-,16?,17+,18?,19?,20-,21+;/m0./s1. The number of hydrogen-bond donors (Lipinski definition) is 1. The summed E-state index contributed by atoms with van der Waals surface area (Å²) in [7, 11) is -4.65. The SMILES string of the molecule is C[C@H](OS(=O)(=O)[O-])[C@H]1CCC2C3CC[C@H]4C[C@@H](O)CC[C@]4(C)C3CC[C@@]21C.[Na+]. The molecule has 4 saturated carbocycles. The van der Waals surface area contributed by atoms with Crippen molar-refractivity contribution in [2.45, 2.75) is 90.8 Å². The molecule has 0 heterocycles. The normalized spacial score (nSPS) is 49.3. The van der Waals surface area contributed by atoms with Crippen molar-refractivity contribution in [3.05, 3.63) is 0 Å². The van der Waals surface area contributed by atoms with Crippen LogP contribution in [-0.2, 0) is 14.6 Å². The van der Waals surface area contributed by atoms with Gasteiger partial charge >= 0.3 is 29.6 Å². The topological polar surface area (TPSA) is 86.7 Å². The summed E-state index contributed by atoms with van der Waals surface area (Å²) in [4.78, 5) is 0. The van der Waals surface area contributed by atoms with Gasteiger partial charge in [-0.3, -0.25) is 4.18 Å². The zero-order valence-electron chi connectivity index (χ0n) is 17.9. The Morgan fingerprint density at radius 2 is 1.64 bits per heavy atom. The molecule has 5 nitrogen and oxygen atoms in total. The van der Waals surface area contributed by atoms with Crippen molar-refractivity contribution >= 4 is 10.4 Å². The summed E-state index contributed by atoms with van der Waals surface area (Å²) in [6, 6.07) is 0. The maximum atomic E-state index is 11.1. The first-order valence-corrected chi connectivity index (χ1v) is 12.2. The quantitative estimate of drug-likeness (QED) is 0.414. The van der Waals surface area contributed by atoms with Gasteiger partial charge in [0.1, 0.15) is 0 Å². The van der Waals surface area contributed by atoms with E-state index in [1.807, 2.05) is 0 Å². The van der Waals surface area contributed by atoms with Gasteiger partial charge < -0.3 is 9.66 Å². The molecule has 4 rings (SSSR count). The van der Waals surface area contributed by atoms with Crippen molar-refractivity contribution < 1.29 is 51.8 Å². The van der Waals surface area contributed by atoms with Gasteiger partial charge in [-0.15, -0.1) is 0 Å². The second-order valence-corrected chi connectivity index (χ2v) is 11.5. The first-order chi connectivity index (χ1) is 12.5. The van der Waals surface area contributed by atoms with Crippen LogP contribution in [0.1, 0.15) is 78.6 Å². The summed E-state index contributed by atoms with van der Waals surface area (Å²) in [5.74, 6) is 2.82. The van der Waals surface area contributed by atoms with Crippen molar-refractivity contribution in [2.75, 3.05) is 0 Å². The Labute approximate surface area is 192 Å². The molecule has 0 aromatic carbocycles. The van der Waals surface area contributed by atoms with Crippen molar-refractivity contribution in [1.82, 2.24) is 0 Å². The Balaban J connectivity index is 0.00000225. The average Bonchev–Trinajstić information content (AvgIpc) is 2.91. The van der Waals surface area contributed by atoms with Gasteiger partial charge in [-0.1, -0.05) is 13.8 Å². The van der Waals surface area contributed by atoms with Crippen LogP contribution >= 0.6 is 0 Å². The van der Waals surface area contributed by atoms with Crippen LogP contribution in [0.4, 0.5) is 0 Å². The molecule has 4 aliphatic rings. The minimum atomic E-state index is -4.65. The van der Waals surface area contributed by atoms with Crippen LogP contribution in [0.3, 0.4) is 0 Å². The molecule has 0 radical (unpaired) electrons. The maximum absolute atomic E-state index is 11.1. The molecule has 4 aliphatic carbocycles. The third-order valence-corrected chi connectivity index (χ3v) is 10.1. The largest absolute Gasteiger partial charge is 1.00 e. The molecule has 0 spiro atoms. The molecular formula is C21H35NaO5S. The molecule has 28 heavy (non-hydrogen) atoms. The minimum absolute atomic E-state index is 0. The predicted octanol–water partition coefficient (Wildman–Crippen LogP) is 0.876. The Morgan fingerprint density at radius 3 is 2.32 bits per heavy atom. The van der Waals surface area contributed by atoms with Gasteiger partial charge in [-0.2, -0.15) is 0 Å². The first-order valence-electron chi connectivity index (χ1n) is 10.9. The van der Waals surface area contributed by atoms with Crippen LogP contribution < -0.4 is 29.6 Å². The van der Waals surface area contributed by atoms with Crippen LogP contribution in [0.5, 0.6) is 0 Å². The van der Waals surface area contributed by atoms with Gasteiger partial charge in [-0.05, 0) is 105 Å². The average molecular weight is 423 g/mol. The second kappa shape index (κ2) is 8.07. The van der Waals surface area contributed by atoms with E-state index >= 15 is 0 Å². The molecule has 3 unspecified atom stereocenters. The van der Waals surface area contributed by atoms with Crippen LogP contribution in [0.2, 0.25) is 0 Å². The fourth-order valence-electron chi connectivity index (χ4n) is 8.30. The van der Waals surface area contributed by atoms with E-state index in [0.717, 1.165) is 44.4 Å². The van der Waals surface area contributed by atoms with Crippen molar-refractivity contribution in [3.8, 4) is 0 Å². The zero-order valence-corrected chi connectivity index (χ0v) is 20.7. The molecule has 0 bridgehead atoms. The fraction of sp³-hybridized carbons (Fsp3) is 1.00. The maximum Gasteiger partial charge on any atom is 1.00 e. The Morgan fingerprint density at radius 1 is 1.00 bits per heavy atom. The molecule has 7 heteroatoms. The Bertz CT molecular complexity index is 684. The van der Waals surface area contributed by atoms with E-state index in [2.05, 4.69) is 13.8 Å². The van der Waals surface area contributed by atoms with E-state index in [-0.39, 0.29) is 47.0 Å². The summed E-state index contributed by atoms with van der Waals surface area (Å²) < 4.78 is 38.2. The van der Waals surface area contributed by atoms with Gasteiger partial charge in [0.05, 0.1) is 12.2 Å². The zero-order chi connectivity index (χ0) is 19.6. The van der Waals surface area contributed by atoms with E-state index in [1.54, 1.807) is 6.92 Å². The van der Waals surface area contributed by atoms with Crippen molar-refractivity contribution in [1.29, 1.82) is 0 Å². The minimum Gasteiger partial charge on any atom is -0.726 e. The Kier molecular flexibility index (Phi) is 6.77. The van der Waals surface area contributed by atoms with Gasteiger partial charge in [-0.25, -0.2) is 8.42 Å². The molecule has 0 saturated heterocycles. The van der Waals surface area contributed by atoms with Gasteiger partial charge in [0, 0.05) is 0 Å². The first kappa shape index (κ1) is 23.5. The van der Waals surface area contributed by atoms with Gasteiger partial charge in [0.15, 0.2) is 0 Å². The fourth-order valence-corrected chi connectivity index (χ4v) is 8.81. The van der Waals surface area contributed by atoms with Gasteiger partial charge in [0.25, 0.3) is 0 Å². The van der Waals surface area contributed by atoms with Crippen LogP contribution in [0, 0.1) is 40.4 Å². The molecular weight excluding hydrogens is 387 g/mol. The third-order valence-electron chi connectivity index (χ3n) is 9.55. The summed E-state index contributed by atoms with van der Waals surface area (Å²) in [5.41, 5.74) is 0.421. The van der Waals surface area contributed by atoms with E-state index in [0.29, 0.717) is 23.2 Å². The summed E-state index contributed by atoms with van der Waals surface area (Å²) in [5, 5.41) is 10.1. The van der Waals surface area contributed by atoms with E-state index < -0.39 is 16.5 Å². The van der Waals surface area contributed by atoms with E-state index in [1.165, 1.54) is 19.3 Å². The summed E-state index contributed by atoms with van der Waals surface area (Å²) in [6.07, 6.45) is 9.22. The van der Waals surface area contributed by atoms with Crippen LogP contribution in [-0.4, -0.2) is 30.3 Å². The molecule has 4 fully saturated rings. The predicted molar refractivity (Wildman–Crippen MR) is 101 cm³/mol. The van der Waals surface area contributed by atoms with Crippen LogP contribution in [0.25, 0.3) is 0 Å². The number of fused-ring (bicyclic) bond motifs is 5. The van der Waals surface area contributed by atoms with Gasteiger partial charge in [0.2, 0.25) is 10.4 Å². The van der Waals surface area contributed by atoms with Crippen molar-refractivity contribution in [3.63, 3.8) is 0 Å².